The fraction of sp³-hybridized carbons (Fsp3) is 0.286. The van der Waals surface area contributed by atoms with E-state index in [4.69, 9.17) is 5.73 Å². The fourth-order valence-corrected chi connectivity index (χ4v) is 1.96. The first-order valence-corrected chi connectivity index (χ1v) is 5.86. The Morgan fingerprint density at radius 2 is 2.17 bits per heavy atom. The Kier molecular flexibility index (Phi) is 4.65. The molecule has 0 saturated carbocycles. The quantitative estimate of drug-likeness (QED) is 0.813. The number of hydrogen-bond donors (Lipinski definition) is 1. The molecule has 0 aliphatic heterocycles. The lowest BCUT2D eigenvalue weighted by Gasteiger charge is -2.17. The summed E-state index contributed by atoms with van der Waals surface area (Å²) < 4.78 is 36.4. The predicted octanol–water partition coefficient (Wildman–Crippen LogP) is 1.22. The zero-order valence-corrected chi connectivity index (χ0v) is 10.8. The molecule has 0 unspecified atom stereocenters. The second-order valence-corrected chi connectivity index (χ2v) is 4.37. The summed E-state index contributed by atoms with van der Waals surface area (Å²) in [5.74, 6) is -3.56. The molecule has 0 bridgehead atoms. The zero-order valence-electron chi connectivity index (χ0n) is 8.40. The number of nitrogens with zero attached hydrogens (tertiary/aromatic N) is 2. The van der Waals surface area contributed by atoms with Crippen LogP contribution in [0.4, 0.5) is 18.3 Å². The van der Waals surface area contributed by atoms with Gasteiger partial charge in [0, 0.05) is 5.38 Å². The molecule has 0 fully saturated rings. The molecule has 0 aliphatic carbocycles. The summed E-state index contributed by atoms with van der Waals surface area (Å²) in [4.78, 5) is 29.5. The molecule has 1 amide bonds. The molecule has 0 saturated heterocycles. The van der Waals surface area contributed by atoms with E-state index >= 15 is 0 Å². The zero-order chi connectivity index (χ0) is 13.9. The van der Waals surface area contributed by atoms with Gasteiger partial charge in [-0.2, -0.15) is 13.2 Å². The average Bonchev–Trinajstić information content (AvgIpc) is 2.69. The maximum atomic E-state index is 12.0. The van der Waals surface area contributed by atoms with Gasteiger partial charge in [0.25, 0.3) is 5.91 Å². The van der Waals surface area contributed by atoms with Crippen LogP contribution in [0.25, 0.3) is 0 Å². The molecule has 0 aliphatic rings. The van der Waals surface area contributed by atoms with Crippen LogP contribution in [0.5, 0.6) is 0 Å². The minimum atomic E-state index is -5.22. The summed E-state index contributed by atoms with van der Waals surface area (Å²) in [6, 6.07) is 0. The van der Waals surface area contributed by atoms with Gasteiger partial charge in [-0.15, -0.1) is 16.4 Å². The molecule has 0 aromatic carbocycles. The molecule has 0 spiro atoms. The number of alkyl halides is 3. The van der Waals surface area contributed by atoms with Crippen molar-refractivity contribution in [3.8, 4) is 0 Å². The Hall–Kier alpha value is -1.20. The number of amides is 1. The van der Waals surface area contributed by atoms with Crippen molar-refractivity contribution in [3.63, 3.8) is 0 Å². The Bertz CT molecular complexity index is 464. The van der Waals surface area contributed by atoms with E-state index in [2.05, 4.69) is 25.8 Å². The SMILES string of the molecule is NCC(=O)N(OC(=O)C(F)(F)F)c1nc(Br)cs1. The molecule has 2 N–H and O–H groups in total. The summed E-state index contributed by atoms with van der Waals surface area (Å²) >= 11 is 3.75. The minimum Gasteiger partial charge on any atom is -0.322 e. The van der Waals surface area contributed by atoms with Crippen molar-refractivity contribution in [2.24, 2.45) is 5.73 Å². The van der Waals surface area contributed by atoms with Gasteiger partial charge in [0.15, 0.2) is 0 Å². The third kappa shape index (κ3) is 3.65. The topological polar surface area (TPSA) is 85.5 Å². The molecule has 0 radical (unpaired) electrons. The maximum absolute atomic E-state index is 12.0. The van der Waals surface area contributed by atoms with Crippen molar-refractivity contribution in [1.82, 2.24) is 4.98 Å². The van der Waals surface area contributed by atoms with E-state index in [0.29, 0.717) is 0 Å². The van der Waals surface area contributed by atoms with Crippen LogP contribution in [0, 0.1) is 0 Å². The van der Waals surface area contributed by atoms with E-state index in [9.17, 15) is 22.8 Å². The van der Waals surface area contributed by atoms with E-state index in [1.54, 1.807) is 0 Å². The van der Waals surface area contributed by atoms with E-state index in [1.165, 1.54) is 5.38 Å². The Labute approximate surface area is 111 Å². The van der Waals surface area contributed by atoms with Gasteiger partial charge in [0.1, 0.15) is 4.60 Å². The van der Waals surface area contributed by atoms with Crippen LogP contribution in [0.1, 0.15) is 0 Å². The van der Waals surface area contributed by atoms with Crippen molar-refractivity contribution in [3.05, 3.63) is 9.98 Å². The lowest BCUT2D eigenvalue weighted by atomic mass is 10.6. The normalized spacial score (nSPS) is 11.2. The molecule has 6 nitrogen and oxygen atoms in total. The average molecular weight is 348 g/mol. The number of carbonyl (C=O) groups excluding carboxylic acids is 2. The summed E-state index contributed by atoms with van der Waals surface area (Å²) in [7, 11) is 0. The third-order valence-corrected chi connectivity index (χ3v) is 2.96. The van der Waals surface area contributed by atoms with Gasteiger partial charge in [0.2, 0.25) is 5.13 Å². The first-order valence-electron chi connectivity index (χ1n) is 4.19. The second kappa shape index (κ2) is 5.63. The smallest absolute Gasteiger partial charge is 0.322 e. The van der Waals surface area contributed by atoms with Gasteiger partial charge in [0.05, 0.1) is 6.54 Å². The molecular formula is C7H5BrF3N3O3S. The van der Waals surface area contributed by atoms with Crippen LogP contribution in [-0.2, 0) is 14.4 Å². The Balaban J connectivity index is 2.94. The Morgan fingerprint density at radius 3 is 2.56 bits per heavy atom. The molecule has 1 rings (SSSR count). The van der Waals surface area contributed by atoms with E-state index in [1.807, 2.05) is 0 Å². The van der Waals surface area contributed by atoms with Crippen molar-refractivity contribution >= 4 is 44.3 Å². The van der Waals surface area contributed by atoms with Gasteiger partial charge < -0.3 is 10.6 Å². The van der Waals surface area contributed by atoms with Crippen molar-refractivity contribution in [2.45, 2.75) is 6.18 Å². The molecule has 1 heterocycles. The molecule has 18 heavy (non-hydrogen) atoms. The summed E-state index contributed by atoms with van der Waals surface area (Å²) in [5.41, 5.74) is 5.00. The first-order chi connectivity index (χ1) is 8.25. The lowest BCUT2D eigenvalue weighted by Crippen LogP contribution is -2.41. The van der Waals surface area contributed by atoms with Crippen LogP contribution in [0.15, 0.2) is 9.98 Å². The van der Waals surface area contributed by atoms with Gasteiger partial charge in [-0.25, -0.2) is 9.78 Å². The van der Waals surface area contributed by atoms with Crippen LogP contribution >= 0.6 is 27.3 Å². The number of hydrogen-bond acceptors (Lipinski definition) is 6. The van der Waals surface area contributed by atoms with E-state index < -0.39 is 24.6 Å². The number of halogens is 4. The van der Waals surface area contributed by atoms with Crippen molar-refractivity contribution in [2.75, 3.05) is 11.6 Å². The highest BCUT2D eigenvalue weighted by molar-refractivity contribution is 9.10. The molecular weight excluding hydrogens is 343 g/mol. The van der Waals surface area contributed by atoms with Gasteiger partial charge >= 0.3 is 12.1 Å². The molecule has 100 valence electrons. The summed E-state index contributed by atoms with van der Waals surface area (Å²) in [5, 5.41) is 1.27. The third-order valence-electron chi connectivity index (χ3n) is 1.44. The summed E-state index contributed by atoms with van der Waals surface area (Å²) in [6.07, 6.45) is -5.22. The second-order valence-electron chi connectivity index (χ2n) is 2.72. The standard InChI is InChI=1S/C7H5BrF3N3O3S/c8-3-2-18-6(13-3)14(4(15)1-12)17-5(16)7(9,10)11/h2H,1,12H2. The van der Waals surface area contributed by atoms with Crippen LogP contribution in [0.2, 0.25) is 0 Å². The van der Waals surface area contributed by atoms with Crippen LogP contribution < -0.4 is 10.8 Å². The number of thiazole rings is 1. The first kappa shape index (κ1) is 14.9. The predicted molar refractivity (Wildman–Crippen MR) is 58.5 cm³/mol. The van der Waals surface area contributed by atoms with Gasteiger partial charge in [-0.1, -0.05) is 0 Å². The Morgan fingerprint density at radius 1 is 1.56 bits per heavy atom. The maximum Gasteiger partial charge on any atom is 0.493 e. The molecule has 11 heteroatoms. The number of aromatic nitrogens is 1. The highest BCUT2D eigenvalue weighted by Gasteiger charge is 2.44. The monoisotopic (exact) mass is 347 g/mol. The van der Waals surface area contributed by atoms with Crippen LogP contribution in [0.3, 0.4) is 0 Å². The summed E-state index contributed by atoms with van der Waals surface area (Å²) in [6.45, 7) is -0.637. The lowest BCUT2D eigenvalue weighted by molar-refractivity contribution is -0.201. The highest BCUT2D eigenvalue weighted by atomic mass is 79.9. The molecule has 0 atom stereocenters. The number of carbonyl (C=O) groups is 2. The number of hydroxylamine groups is 1. The number of anilines is 1. The fourth-order valence-electron chi connectivity index (χ4n) is 0.753. The highest BCUT2D eigenvalue weighted by Crippen LogP contribution is 2.26. The van der Waals surface area contributed by atoms with Crippen LogP contribution in [-0.4, -0.2) is 29.6 Å². The van der Waals surface area contributed by atoms with Crippen molar-refractivity contribution < 1.29 is 27.6 Å². The minimum absolute atomic E-state index is 0.116. The van der Waals surface area contributed by atoms with Gasteiger partial charge in [-0.05, 0) is 15.9 Å². The van der Waals surface area contributed by atoms with Gasteiger partial charge in [-0.3, -0.25) is 4.79 Å². The van der Waals surface area contributed by atoms with E-state index in [-0.39, 0.29) is 14.8 Å². The molecule has 1 aromatic heterocycles. The van der Waals surface area contributed by atoms with Crippen molar-refractivity contribution in [1.29, 1.82) is 0 Å². The number of rotatable bonds is 2. The van der Waals surface area contributed by atoms with E-state index in [0.717, 1.165) is 11.3 Å². The molecule has 1 aromatic rings. The number of nitrogens with two attached hydrogens (primary N) is 1. The largest absolute Gasteiger partial charge is 0.493 e.